The lowest BCUT2D eigenvalue weighted by molar-refractivity contribution is 0.318. The summed E-state index contributed by atoms with van der Waals surface area (Å²) in [5, 5.41) is 0.654. The van der Waals surface area contributed by atoms with E-state index in [-0.39, 0.29) is 0 Å². The zero-order chi connectivity index (χ0) is 14.4. The Morgan fingerprint density at radius 3 is 2.50 bits per heavy atom. The van der Waals surface area contributed by atoms with Crippen molar-refractivity contribution in [1.29, 1.82) is 0 Å². The molecule has 0 atom stereocenters. The topological polar surface area (TPSA) is 44.5 Å². The quantitative estimate of drug-likeness (QED) is 0.887. The molecule has 0 spiro atoms. The summed E-state index contributed by atoms with van der Waals surface area (Å²) >= 11 is 5.97. The van der Waals surface area contributed by atoms with Crippen LogP contribution in [-0.2, 0) is 13.0 Å². The van der Waals surface area contributed by atoms with Crippen molar-refractivity contribution >= 4 is 11.6 Å². The van der Waals surface area contributed by atoms with Gasteiger partial charge in [0, 0.05) is 23.6 Å². The van der Waals surface area contributed by atoms with Crippen LogP contribution in [0.2, 0.25) is 5.02 Å². The van der Waals surface area contributed by atoms with Gasteiger partial charge in [-0.2, -0.15) is 0 Å². The number of methoxy groups -OCH3 is 1. The van der Waals surface area contributed by atoms with Crippen LogP contribution in [0.3, 0.4) is 0 Å². The van der Waals surface area contributed by atoms with Gasteiger partial charge in [-0.1, -0.05) is 29.8 Å². The monoisotopic (exact) mass is 291 g/mol. The summed E-state index contributed by atoms with van der Waals surface area (Å²) in [7, 11) is 1.66. The van der Waals surface area contributed by atoms with E-state index in [0.717, 1.165) is 23.5 Å². The van der Waals surface area contributed by atoms with Gasteiger partial charge in [0.2, 0.25) is 0 Å². The first-order valence-electron chi connectivity index (χ1n) is 6.47. The van der Waals surface area contributed by atoms with Crippen LogP contribution in [0.1, 0.15) is 11.1 Å². The van der Waals surface area contributed by atoms with Gasteiger partial charge < -0.3 is 15.2 Å². The fourth-order valence-corrected chi connectivity index (χ4v) is 2.06. The maximum absolute atomic E-state index is 5.97. The Hall–Kier alpha value is -1.71. The van der Waals surface area contributed by atoms with Gasteiger partial charge in [-0.05, 0) is 29.8 Å². The number of ether oxygens (including phenoxy) is 2. The fraction of sp³-hybridized carbons (Fsp3) is 0.250. The average molecular weight is 292 g/mol. The molecule has 0 saturated heterocycles. The second-order valence-corrected chi connectivity index (χ2v) is 4.84. The molecule has 0 aromatic heterocycles. The zero-order valence-electron chi connectivity index (χ0n) is 11.4. The minimum Gasteiger partial charge on any atom is -0.497 e. The zero-order valence-corrected chi connectivity index (χ0v) is 12.2. The fourth-order valence-electron chi connectivity index (χ4n) is 1.90. The molecular formula is C16H18ClNO2. The first kappa shape index (κ1) is 14.7. The molecule has 0 aliphatic rings. The summed E-state index contributed by atoms with van der Waals surface area (Å²) in [4.78, 5) is 0. The van der Waals surface area contributed by atoms with Gasteiger partial charge in [0.1, 0.15) is 11.5 Å². The third kappa shape index (κ3) is 3.89. The summed E-state index contributed by atoms with van der Waals surface area (Å²) < 4.78 is 10.9. The summed E-state index contributed by atoms with van der Waals surface area (Å²) in [6.45, 7) is 1.02. The third-order valence-electron chi connectivity index (χ3n) is 3.06. The Labute approximate surface area is 124 Å². The number of benzene rings is 2. The van der Waals surface area contributed by atoms with Gasteiger partial charge >= 0.3 is 0 Å². The highest BCUT2D eigenvalue weighted by Gasteiger charge is 2.03. The number of hydrogen-bond acceptors (Lipinski definition) is 3. The van der Waals surface area contributed by atoms with E-state index in [0.29, 0.717) is 18.2 Å². The molecule has 2 N–H and O–H groups in total. The van der Waals surface area contributed by atoms with Crippen molar-refractivity contribution in [1.82, 2.24) is 0 Å². The summed E-state index contributed by atoms with van der Waals surface area (Å²) in [6, 6.07) is 13.5. The predicted octanol–water partition coefficient (Wildman–Crippen LogP) is 3.43. The highest BCUT2D eigenvalue weighted by atomic mass is 35.5. The van der Waals surface area contributed by atoms with Crippen molar-refractivity contribution < 1.29 is 9.47 Å². The van der Waals surface area contributed by atoms with Crippen molar-refractivity contribution in [2.45, 2.75) is 13.0 Å². The molecule has 0 fully saturated rings. The minimum absolute atomic E-state index is 0.440. The van der Waals surface area contributed by atoms with Gasteiger partial charge in [0.15, 0.2) is 0 Å². The minimum atomic E-state index is 0.440. The second kappa shape index (κ2) is 7.17. The molecule has 3 nitrogen and oxygen atoms in total. The Morgan fingerprint density at radius 2 is 1.85 bits per heavy atom. The van der Waals surface area contributed by atoms with E-state index in [2.05, 4.69) is 0 Å². The van der Waals surface area contributed by atoms with Crippen molar-refractivity contribution in [2.75, 3.05) is 13.7 Å². The maximum Gasteiger partial charge on any atom is 0.125 e. The molecule has 4 heteroatoms. The number of rotatable bonds is 6. The van der Waals surface area contributed by atoms with Gasteiger partial charge in [0.05, 0.1) is 13.7 Å². The van der Waals surface area contributed by atoms with E-state index in [1.54, 1.807) is 13.2 Å². The maximum atomic E-state index is 5.97. The molecule has 0 saturated carbocycles. The van der Waals surface area contributed by atoms with Crippen LogP contribution in [0.4, 0.5) is 0 Å². The molecule has 106 valence electrons. The molecule has 0 aliphatic heterocycles. The predicted molar refractivity (Wildman–Crippen MR) is 81.5 cm³/mol. The summed E-state index contributed by atoms with van der Waals surface area (Å²) in [5.41, 5.74) is 7.84. The van der Waals surface area contributed by atoms with E-state index in [1.165, 1.54) is 5.56 Å². The van der Waals surface area contributed by atoms with Gasteiger partial charge in [0.25, 0.3) is 0 Å². The largest absolute Gasteiger partial charge is 0.497 e. The molecule has 0 amide bonds. The number of halogens is 1. The van der Waals surface area contributed by atoms with Crippen LogP contribution < -0.4 is 15.2 Å². The Balaban J connectivity index is 1.93. The lowest BCUT2D eigenvalue weighted by Gasteiger charge is -2.11. The van der Waals surface area contributed by atoms with Crippen molar-refractivity contribution in [3.05, 3.63) is 58.6 Å². The van der Waals surface area contributed by atoms with Crippen molar-refractivity contribution in [3.8, 4) is 11.5 Å². The average Bonchev–Trinajstić information content (AvgIpc) is 2.48. The normalized spacial score (nSPS) is 10.3. The Kier molecular flexibility index (Phi) is 5.27. The molecule has 0 unspecified atom stereocenters. The Morgan fingerprint density at radius 1 is 1.10 bits per heavy atom. The third-order valence-corrected chi connectivity index (χ3v) is 3.29. The van der Waals surface area contributed by atoms with Crippen LogP contribution in [0.15, 0.2) is 42.5 Å². The Bertz CT molecular complexity index is 555. The summed E-state index contributed by atoms with van der Waals surface area (Å²) in [6.07, 6.45) is 0.820. The molecule has 2 rings (SSSR count). The van der Waals surface area contributed by atoms with Crippen LogP contribution in [-0.4, -0.2) is 13.7 Å². The molecule has 0 radical (unpaired) electrons. The highest BCUT2D eigenvalue weighted by molar-refractivity contribution is 6.30. The molecule has 0 heterocycles. The van der Waals surface area contributed by atoms with E-state index >= 15 is 0 Å². The van der Waals surface area contributed by atoms with Crippen molar-refractivity contribution in [2.24, 2.45) is 5.73 Å². The van der Waals surface area contributed by atoms with Crippen molar-refractivity contribution in [3.63, 3.8) is 0 Å². The lowest BCUT2D eigenvalue weighted by atomic mass is 10.1. The second-order valence-electron chi connectivity index (χ2n) is 4.40. The van der Waals surface area contributed by atoms with Crippen LogP contribution >= 0.6 is 11.6 Å². The molecule has 2 aromatic rings. The van der Waals surface area contributed by atoms with Crippen LogP contribution in [0.5, 0.6) is 11.5 Å². The molecule has 0 aliphatic carbocycles. The molecule has 0 bridgehead atoms. The first-order valence-corrected chi connectivity index (χ1v) is 6.85. The van der Waals surface area contributed by atoms with Gasteiger partial charge in [-0.3, -0.25) is 0 Å². The van der Waals surface area contributed by atoms with E-state index in [4.69, 9.17) is 26.8 Å². The van der Waals surface area contributed by atoms with Gasteiger partial charge in [-0.25, -0.2) is 0 Å². The number of hydrogen-bond donors (Lipinski definition) is 1. The van der Waals surface area contributed by atoms with E-state index in [1.807, 2.05) is 36.4 Å². The first-order chi connectivity index (χ1) is 9.72. The lowest BCUT2D eigenvalue weighted by Crippen LogP contribution is -2.05. The molecular weight excluding hydrogens is 274 g/mol. The van der Waals surface area contributed by atoms with Crippen LogP contribution in [0.25, 0.3) is 0 Å². The summed E-state index contributed by atoms with van der Waals surface area (Å²) in [5.74, 6) is 1.61. The molecule has 2 aromatic carbocycles. The number of nitrogens with two attached hydrogens (primary N) is 1. The van der Waals surface area contributed by atoms with Crippen LogP contribution in [0, 0.1) is 0 Å². The smallest absolute Gasteiger partial charge is 0.125 e. The van der Waals surface area contributed by atoms with E-state index in [9.17, 15) is 0 Å². The SMILES string of the molecule is COc1ccc(CCOc2cc(Cl)ccc2CN)cc1. The highest BCUT2D eigenvalue weighted by Crippen LogP contribution is 2.23. The van der Waals surface area contributed by atoms with Gasteiger partial charge in [-0.15, -0.1) is 0 Å². The standard InChI is InChI=1S/C16H18ClNO2/c1-19-15-6-2-12(3-7-15)8-9-20-16-10-14(17)5-4-13(16)11-18/h2-7,10H,8-9,11,18H2,1H3. The van der Waals surface area contributed by atoms with E-state index < -0.39 is 0 Å². The molecule has 20 heavy (non-hydrogen) atoms.